The smallest absolute Gasteiger partial charge is 0.190 e. The molecule has 0 saturated carbocycles. The van der Waals surface area contributed by atoms with Crippen LogP contribution in [0.25, 0.3) is 0 Å². The van der Waals surface area contributed by atoms with Gasteiger partial charge < -0.3 is 0 Å². The van der Waals surface area contributed by atoms with Crippen LogP contribution in [0.1, 0.15) is 34.6 Å². The maximum absolute atomic E-state index is 10.9. The Morgan fingerprint density at radius 3 is 1.13 bits per heavy atom. The zero-order chi connectivity index (χ0) is 12.8. The topological polar surface area (TPSA) is 34.1 Å². The molecule has 3 heteroatoms. The minimum atomic E-state index is -1.81. The van der Waals surface area contributed by atoms with E-state index in [9.17, 15) is 9.59 Å². The third kappa shape index (κ3) is 9.85. The van der Waals surface area contributed by atoms with Crippen LogP contribution in [-0.2, 0) is 9.59 Å². The van der Waals surface area contributed by atoms with Crippen LogP contribution >= 0.6 is 0 Å². The van der Waals surface area contributed by atoms with Gasteiger partial charge in [0.25, 0.3) is 0 Å². The molecule has 0 saturated heterocycles. The fourth-order valence-corrected chi connectivity index (χ4v) is 1.58. The Hall–Kier alpha value is -0.443. The van der Waals surface area contributed by atoms with Crippen LogP contribution in [0.2, 0.25) is 19.6 Å². The van der Waals surface area contributed by atoms with Crippen LogP contribution in [-0.4, -0.2) is 19.3 Å². The quantitative estimate of drug-likeness (QED) is 0.550. The molecule has 0 spiro atoms. The van der Waals surface area contributed by atoms with Crippen molar-refractivity contribution in [2.75, 3.05) is 0 Å². The lowest BCUT2D eigenvalue weighted by molar-refractivity contribution is -0.131. The molecule has 0 fully saturated rings. The van der Waals surface area contributed by atoms with Crippen molar-refractivity contribution in [3.63, 3.8) is 0 Å². The predicted octanol–water partition coefficient (Wildman–Crippen LogP) is 3.32. The van der Waals surface area contributed by atoms with Gasteiger partial charge in [0, 0.05) is 6.92 Å². The SMILES string of the molecule is CC(=O)C(=O)[Si](C)(C)C.CC(C)C(C)C. The first-order valence-electron chi connectivity index (χ1n) is 5.55. The molecule has 90 valence electrons. The fraction of sp³-hybridized carbons (Fsp3) is 0.833. The second-order valence-electron chi connectivity index (χ2n) is 5.62. The van der Waals surface area contributed by atoms with Crippen molar-refractivity contribution < 1.29 is 9.59 Å². The molecule has 0 aromatic rings. The molecule has 0 aromatic heterocycles. The Balaban J connectivity index is 0. The monoisotopic (exact) mass is 230 g/mol. The van der Waals surface area contributed by atoms with Gasteiger partial charge in [0.05, 0.1) is 0 Å². The van der Waals surface area contributed by atoms with Gasteiger partial charge in [-0.3, -0.25) is 9.59 Å². The normalized spacial score (nSPS) is 11.1. The summed E-state index contributed by atoms with van der Waals surface area (Å²) in [5.74, 6) is 1.41. The summed E-state index contributed by atoms with van der Waals surface area (Å²) in [7, 11) is -1.81. The van der Waals surface area contributed by atoms with E-state index in [2.05, 4.69) is 27.7 Å². The molecular formula is C12H26O2Si. The maximum Gasteiger partial charge on any atom is 0.190 e. The average Bonchev–Trinajstić information content (AvgIpc) is 2.02. The standard InChI is InChI=1S/C6H12O2Si.C6H14/c1-5(7)6(8)9(2,3)4;1-5(2)6(3)4/h1-4H3;5-6H,1-4H3. The van der Waals surface area contributed by atoms with Crippen molar-refractivity contribution in [3.05, 3.63) is 0 Å². The molecule has 2 nitrogen and oxygen atoms in total. The summed E-state index contributed by atoms with van der Waals surface area (Å²) in [4.78, 5) is 21.4. The largest absolute Gasteiger partial charge is 0.297 e. The summed E-state index contributed by atoms with van der Waals surface area (Å²) in [6, 6.07) is 0. The third-order valence-electron chi connectivity index (χ3n) is 2.33. The predicted molar refractivity (Wildman–Crippen MR) is 68.7 cm³/mol. The highest BCUT2D eigenvalue weighted by atomic mass is 28.3. The molecule has 0 bridgehead atoms. The van der Waals surface area contributed by atoms with E-state index in [4.69, 9.17) is 0 Å². The lowest BCUT2D eigenvalue weighted by Gasteiger charge is -2.09. The first-order valence-corrected chi connectivity index (χ1v) is 9.05. The van der Waals surface area contributed by atoms with Crippen LogP contribution in [0, 0.1) is 11.8 Å². The Morgan fingerprint density at radius 1 is 0.867 bits per heavy atom. The molecule has 0 aliphatic carbocycles. The van der Waals surface area contributed by atoms with Crippen molar-refractivity contribution in [3.8, 4) is 0 Å². The molecular weight excluding hydrogens is 204 g/mol. The fourth-order valence-electron chi connectivity index (χ4n) is 0.528. The van der Waals surface area contributed by atoms with Gasteiger partial charge >= 0.3 is 0 Å². The highest BCUT2D eigenvalue weighted by Gasteiger charge is 2.27. The van der Waals surface area contributed by atoms with E-state index in [-0.39, 0.29) is 11.2 Å². The summed E-state index contributed by atoms with van der Waals surface area (Å²) >= 11 is 0. The van der Waals surface area contributed by atoms with E-state index < -0.39 is 8.07 Å². The zero-order valence-corrected chi connectivity index (χ0v) is 12.5. The Bertz CT molecular complexity index is 206. The molecule has 0 aliphatic rings. The number of carbonyl (C=O) groups excluding carboxylic acids is 2. The molecule has 0 heterocycles. The van der Waals surface area contributed by atoms with Crippen LogP contribution < -0.4 is 0 Å². The first kappa shape index (κ1) is 17.0. The number of rotatable bonds is 3. The van der Waals surface area contributed by atoms with Crippen molar-refractivity contribution in [1.82, 2.24) is 0 Å². The van der Waals surface area contributed by atoms with Crippen LogP contribution in [0.4, 0.5) is 0 Å². The molecule has 0 radical (unpaired) electrons. The van der Waals surface area contributed by atoms with Gasteiger partial charge in [-0.1, -0.05) is 47.3 Å². The molecule has 0 atom stereocenters. The second kappa shape index (κ2) is 6.93. The molecule has 0 aliphatic heterocycles. The minimum Gasteiger partial charge on any atom is -0.297 e. The van der Waals surface area contributed by atoms with Gasteiger partial charge in [0.15, 0.2) is 11.2 Å². The van der Waals surface area contributed by atoms with E-state index >= 15 is 0 Å². The molecule has 0 unspecified atom stereocenters. The number of Topliss-reactive ketones (excluding diaryl/α,β-unsaturated/α-hetero) is 1. The zero-order valence-electron chi connectivity index (χ0n) is 11.5. The van der Waals surface area contributed by atoms with E-state index in [1.165, 1.54) is 6.92 Å². The Labute approximate surface area is 95.5 Å². The number of hydrogen-bond donors (Lipinski definition) is 0. The minimum absolute atomic E-state index is 0.164. The van der Waals surface area contributed by atoms with E-state index in [1.807, 2.05) is 19.6 Å². The molecule has 15 heavy (non-hydrogen) atoms. The summed E-state index contributed by atoms with van der Waals surface area (Å²) in [6.07, 6.45) is 0. The van der Waals surface area contributed by atoms with Crippen molar-refractivity contribution in [2.45, 2.75) is 54.3 Å². The van der Waals surface area contributed by atoms with E-state index in [1.54, 1.807) is 0 Å². The van der Waals surface area contributed by atoms with Gasteiger partial charge in [-0.15, -0.1) is 0 Å². The number of hydrogen-bond acceptors (Lipinski definition) is 2. The Kier molecular flexibility index (Phi) is 7.84. The third-order valence-corrected chi connectivity index (χ3v) is 4.05. The Morgan fingerprint density at radius 2 is 1.13 bits per heavy atom. The summed E-state index contributed by atoms with van der Waals surface area (Å²) in [6.45, 7) is 15.9. The summed E-state index contributed by atoms with van der Waals surface area (Å²) in [5.41, 5.74) is 0. The first-order chi connectivity index (χ1) is 6.50. The maximum atomic E-state index is 10.9. The van der Waals surface area contributed by atoms with Crippen LogP contribution in [0.15, 0.2) is 0 Å². The van der Waals surface area contributed by atoms with Crippen molar-refractivity contribution in [1.29, 1.82) is 0 Å². The van der Waals surface area contributed by atoms with Crippen molar-refractivity contribution >= 4 is 19.3 Å². The lowest BCUT2D eigenvalue weighted by atomic mass is 10.0. The number of ketones is 1. The van der Waals surface area contributed by atoms with E-state index in [0.717, 1.165) is 11.8 Å². The lowest BCUT2D eigenvalue weighted by Crippen LogP contribution is -2.37. The van der Waals surface area contributed by atoms with Gasteiger partial charge in [0.1, 0.15) is 8.07 Å². The van der Waals surface area contributed by atoms with Crippen molar-refractivity contribution in [2.24, 2.45) is 11.8 Å². The highest BCUT2D eigenvalue weighted by molar-refractivity contribution is 7.11. The van der Waals surface area contributed by atoms with Gasteiger partial charge in [-0.2, -0.15) is 0 Å². The molecule has 0 amide bonds. The second-order valence-corrected chi connectivity index (χ2v) is 10.6. The average molecular weight is 230 g/mol. The highest BCUT2D eigenvalue weighted by Crippen LogP contribution is 2.05. The summed E-state index contributed by atoms with van der Waals surface area (Å²) in [5, 5.41) is -0.164. The van der Waals surface area contributed by atoms with E-state index in [0.29, 0.717) is 0 Å². The van der Waals surface area contributed by atoms with Crippen LogP contribution in [0.3, 0.4) is 0 Å². The van der Waals surface area contributed by atoms with Gasteiger partial charge in [-0.05, 0) is 11.8 Å². The molecule has 0 N–H and O–H groups in total. The van der Waals surface area contributed by atoms with Crippen LogP contribution in [0.5, 0.6) is 0 Å². The molecule has 0 rings (SSSR count). The summed E-state index contributed by atoms with van der Waals surface area (Å²) < 4.78 is 0. The van der Waals surface area contributed by atoms with Gasteiger partial charge in [-0.25, -0.2) is 0 Å². The molecule has 0 aromatic carbocycles. The van der Waals surface area contributed by atoms with Gasteiger partial charge in [0.2, 0.25) is 0 Å². The number of carbonyl (C=O) groups is 2.